The number of rotatable bonds is 27. The first-order valence-corrected chi connectivity index (χ1v) is 23.1. The van der Waals surface area contributed by atoms with E-state index in [1.165, 1.54) is 56.5 Å². The van der Waals surface area contributed by atoms with Gasteiger partial charge in [0.05, 0.1) is 0 Å². The van der Waals surface area contributed by atoms with Crippen LogP contribution in [-0.4, -0.2) is 127 Å². The second-order valence-electron chi connectivity index (χ2n) is 16.1. The summed E-state index contributed by atoms with van der Waals surface area (Å²) in [6.07, 6.45) is 10.4. The molecule has 2 fully saturated rings. The number of imide groups is 1. The van der Waals surface area contributed by atoms with E-state index in [0.29, 0.717) is 51.2 Å². The number of ether oxygens (including phenoxy) is 4. The molecule has 0 bridgehead atoms. The molecule has 1 saturated heterocycles. The average Bonchev–Trinajstić information content (AvgIpc) is 3.53. The Morgan fingerprint density at radius 1 is 0.677 bits per heavy atom. The molecule has 3 rings (SSSR count). The summed E-state index contributed by atoms with van der Waals surface area (Å²) in [6.45, 7) is 6.76. The largest absolute Gasteiger partial charge is 0.463 e. The third-order valence-electron chi connectivity index (χ3n) is 10.8. The Hall–Kier alpha value is -4.52. The zero-order valence-corrected chi connectivity index (χ0v) is 37.5. The van der Waals surface area contributed by atoms with Crippen molar-refractivity contribution in [2.24, 2.45) is 11.8 Å². The third kappa shape index (κ3) is 19.7. The van der Waals surface area contributed by atoms with Gasteiger partial charge >= 0.3 is 17.9 Å². The van der Waals surface area contributed by atoms with Gasteiger partial charge in [0.25, 0.3) is 11.8 Å². The maximum atomic E-state index is 12.6. The minimum absolute atomic E-state index is 0.00332. The average molecular weight is 894 g/mol. The lowest BCUT2D eigenvalue weighted by Gasteiger charge is -2.45. The number of thioether (sulfide) groups is 1. The predicted molar refractivity (Wildman–Crippen MR) is 228 cm³/mol. The number of hydrogen-bond donors (Lipinski definition) is 4. The van der Waals surface area contributed by atoms with E-state index in [4.69, 9.17) is 18.9 Å². The molecule has 0 radical (unpaired) electrons. The van der Waals surface area contributed by atoms with Crippen LogP contribution in [0.2, 0.25) is 0 Å². The molecule has 0 spiro atoms. The smallest absolute Gasteiger partial charge is 0.303 e. The molecule has 0 aromatic carbocycles. The molecule has 18 nitrogen and oxygen atoms in total. The summed E-state index contributed by atoms with van der Waals surface area (Å²) < 4.78 is 22.3. The van der Waals surface area contributed by atoms with Crippen molar-refractivity contribution >= 4 is 65.1 Å². The topological polar surface area (TPSA) is 242 Å². The summed E-state index contributed by atoms with van der Waals surface area (Å²) in [5, 5.41) is 11.7. The van der Waals surface area contributed by atoms with Crippen LogP contribution in [0.5, 0.6) is 0 Å². The number of carbonyl (C=O) groups excluding carboxylic acids is 9. The van der Waals surface area contributed by atoms with Crippen LogP contribution in [0.4, 0.5) is 0 Å². The van der Waals surface area contributed by atoms with E-state index in [0.717, 1.165) is 77.0 Å². The summed E-state index contributed by atoms with van der Waals surface area (Å²) in [6, 6.07) is -0.849. The fourth-order valence-corrected chi connectivity index (χ4v) is 8.93. The first-order valence-electron chi connectivity index (χ1n) is 22.0. The van der Waals surface area contributed by atoms with E-state index < -0.39 is 53.6 Å². The second-order valence-corrected chi connectivity index (χ2v) is 17.3. The van der Waals surface area contributed by atoms with Crippen LogP contribution in [0.15, 0.2) is 12.2 Å². The summed E-state index contributed by atoms with van der Waals surface area (Å²) in [5.41, 5.74) is -0.709. The molecule has 19 heteroatoms. The van der Waals surface area contributed by atoms with Gasteiger partial charge in [0.15, 0.2) is 12.2 Å². The van der Waals surface area contributed by atoms with Crippen molar-refractivity contribution in [2.75, 3.05) is 38.5 Å². The van der Waals surface area contributed by atoms with Gasteiger partial charge in [-0.1, -0.05) is 19.3 Å². The van der Waals surface area contributed by atoms with Gasteiger partial charge < -0.3 is 40.2 Å². The molecule has 2 heterocycles. The van der Waals surface area contributed by atoms with Gasteiger partial charge in [0.2, 0.25) is 23.6 Å². The highest BCUT2D eigenvalue weighted by Gasteiger charge is 2.50. The highest BCUT2D eigenvalue weighted by atomic mass is 32.2. The third-order valence-corrected chi connectivity index (χ3v) is 12.1. The molecule has 3 aliphatic rings. The molecule has 1 saturated carbocycles. The van der Waals surface area contributed by atoms with E-state index in [9.17, 15) is 43.2 Å². The number of esters is 3. The van der Waals surface area contributed by atoms with Crippen LogP contribution in [-0.2, 0) is 62.1 Å². The Bertz CT molecular complexity index is 1550. The molecule has 2 aliphatic heterocycles. The fourth-order valence-electron chi connectivity index (χ4n) is 7.68. The van der Waals surface area contributed by atoms with Gasteiger partial charge in [-0.25, -0.2) is 0 Å². The van der Waals surface area contributed by atoms with Crippen molar-refractivity contribution in [3.63, 3.8) is 0 Å². The Balaban J connectivity index is 1.18. The predicted octanol–water partition coefficient (Wildman–Crippen LogP) is 2.75. The molecule has 348 valence electrons. The lowest BCUT2D eigenvalue weighted by Crippen LogP contribution is -2.65. The van der Waals surface area contributed by atoms with Gasteiger partial charge in [-0.2, -0.15) is 0 Å². The lowest BCUT2D eigenvalue weighted by molar-refractivity contribution is -0.211. The van der Waals surface area contributed by atoms with Gasteiger partial charge in [0, 0.05) is 84.8 Å². The Morgan fingerprint density at radius 2 is 1.21 bits per heavy atom. The maximum Gasteiger partial charge on any atom is 0.303 e. The molecule has 0 aromatic rings. The van der Waals surface area contributed by atoms with Crippen LogP contribution in [0, 0.1) is 11.8 Å². The number of amides is 6. The normalized spacial score (nSPS) is 23.3. The van der Waals surface area contributed by atoms with E-state index in [2.05, 4.69) is 21.3 Å². The van der Waals surface area contributed by atoms with Crippen molar-refractivity contribution in [3.8, 4) is 0 Å². The number of nitrogens with zero attached hydrogens (tertiary/aromatic N) is 1. The number of nitrogens with one attached hydrogen (secondary N) is 4. The minimum Gasteiger partial charge on any atom is -0.463 e. The van der Waals surface area contributed by atoms with E-state index in [1.807, 2.05) is 0 Å². The Morgan fingerprint density at radius 3 is 1.74 bits per heavy atom. The highest BCUT2D eigenvalue weighted by Crippen LogP contribution is 2.33. The van der Waals surface area contributed by atoms with E-state index >= 15 is 0 Å². The quantitative estimate of drug-likeness (QED) is 0.0402. The molecule has 5 atom stereocenters. The maximum absolute atomic E-state index is 12.6. The molecular formula is C43H67N5O13S. The molecule has 4 N–H and O–H groups in total. The molecular weight excluding hydrogens is 827 g/mol. The second kappa shape index (κ2) is 28.2. The standard InChI is InChI=1S/C43H67N5O13S/c1-28(49)47-39-41(60-31(4)52)40(59-30(3)51)34(27-58-29(2)50)61-43(39)62-25-13-7-12-23-45-36(54)14-8-5-10-22-44-35(53)15-9-6-11-24-46-42(57)33-18-16-32(17-19-33)26-48-37(55)20-21-38(48)56/h20-21,32-34,39-41,43H,5-19,22-27H2,1-4H3,(H,44,53)(H,45,54)(H,46,57)(H,47,49). The summed E-state index contributed by atoms with van der Waals surface area (Å²) >= 11 is 1.39. The highest BCUT2D eigenvalue weighted by molar-refractivity contribution is 7.99. The molecule has 1 aliphatic carbocycles. The first-order chi connectivity index (χ1) is 29.6. The number of carbonyl (C=O) groups is 9. The number of unbranched alkanes of at least 4 members (excludes halogenated alkanes) is 6. The SMILES string of the molecule is CC(=O)NC1C(SCCCCCNC(=O)CCCCCNC(=O)CCCCCNC(=O)C2CCC(CN3C(=O)C=CC3=O)CC2)OC(COC(C)=O)C(OC(C)=O)C1OC(C)=O. The van der Waals surface area contributed by atoms with Crippen molar-refractivity contribution in [1.82, 2.24) is 26.2 Å². The van der Waals surface area contributed by atoms with Crippen LogP contribution in [0.3, 0.4) is 0 Å². The van der Waals surface area contributed by atoms with Gasteiger partial charge in [0.1, 0.15) is 24.2 Å². The van der Waals surface area contributed by atoms with Gasteiger partial charge in [-0.3, -0.25) is 48.1 Å². The first kappa shape index (κ1) is 51.8. The van der Waals surface area contributed by atoms with Crippen molar-refractivity contribution in [3.05, 3.63) is 12.2 Å². The van der Waals surface area contributed by atoms with Crippen LogP contribution >= 0.6 is 11.8 Å². The minimum atomic E-state index is -1.13. The summed E-state index contributed by atoms with van der Waals surface area (Å²) in [5.74, 6) is -1.98. The van der Waals surface area contributed by atoms with Gasteiger partial charge in [-0.15, -0.1) is 11.8 Å². The summed E-state index contributed by atoms with van der Waals surface area (Å²) in [7, 11) is 0. The van der Waals surface area contributed by atoms with E-state index in [-0.39, 0.29) is 48.0 Å². The zero-order chi connectivity index (χ0) is 45.4. The monoisotopic (exact) mass is 893 g/mol. The van der Waals surface area contributed by atoms with Crippen LogP contribution in [0.25, 0.3) is 0 Å². The van der Waals surface area contributed by atoms with Crippen LogP contribution < -0.4 is 21.3 Å². The fraction of sp³-hybridized carbons (Fsp3) is 0.744. The van der Waals surface area contributed by atoms with Crippen molar-refractivity contribution < 1.29 is 62.1 Å². The lowest BCUT2D eigenvalue weighted by atomic mass is 9.81. The molecule has 6 amide bonds. The molecule has 0 aromatic heterocycles. The molecule has 62 heavy (non-hydrogen) atoms. The van der Waals surface area contributed by atoms with Crippen LogP contribution in [0.1, 0.15) is 124 Å². The Labute approximate surface area is 368 Å². The number of hydrogen-bond acceptors (Lipinski definition) is 14. The zero-order valence-electron chi connectivity index (χ0n) is 36.7. The van der Waals surface area contributed by atoms with E-state index in [1.54, 1.807) is 0 Å². The van der Waals surface area contributed by atoms with Crippen molar-refractivity contribution in [1.29, 1.82) is 0 Å². The van der Waals surface area contributed by atoms with Crippen molar-refractivity contribution in [2.45, 2.75) is 154 Å². The summed E-state index contributed by atoms with van der Waals surface area (Å²) in [4.78, 5) is 110. The molecule has 5 unspecified atom stereocenters. The Kier molecular flexibility index (Phi) is 23.6. The van der Waals surface area contributed by atoms with Gasteiger partial charge in [-0.05, 0) is 75.9 Å².